The van der Waals surface area contributed by atoms with Crippen molar-refractivity contribution < 1.29 is 14.4 Å². The lowest BCUT2D eigenvalue weighted by molar-refractivity contribution is -0.137. The lowest BCUT2D eigenvalue weighted by Gasteiger charge is -2.42. The van der Waals surface area contributed by atoms with Gasteiger partial charge in [-0.05, 0) is 60.4 Å². The summed E-state index contributed by atoms with van der Waals surface area (Å²) >= 11 is 0. The molecule has 3 aliphatic rings. The van der Waals surface area contributed by atoms with Crippen LogP contribution >= 0.6 is 0 Å². The fourth-order valence-corrected chi connectivity index (χ4v) is 6.12. The van der Waals surface area contributed by atoms with Gasteiger partial charge in [-0.15, -0.1) is 0 Å². The molecule has 2 aromatic rings. The largest absolute Gasteiger partial charge is 0.327 e. The predicted octanol–water partition coefficient (Wildman–Crippen LogP) is 4.07. The van der Waals surface area contributed by atoms with Crippen LogP contribution < -0.4 is 5.32 Å². The first kappa shape index (κ1) is 24.5. The molecule has 0 bridgehead atoms. The number of anilines is 1. The highest BCUT2D eigenvalue weighted by molar-refractivity contribution is 6.07. The molecule has 0 saturated carbocycles. The summed E-state index contributed by atoms with van der Waals surface area (Å²) in [6, 6.07) is 16.0. The molecule has 0 aromatic heterocycles. The van der Waals surface area contributed by atoms with Crippen LogP contribution in [0.4, 0.5) is 10.5 Å². The van der Waals surface area contributed by atoms with Gasteiger partial charge in [0.25, 0.3) is 5.91 Å². The minimum absolute atomic E-state index is 0.00488. The number of hydrogen-bond donors (Lipinski definition) is 1. The van der Waals surface area contributed by atoms with Gasteiger partial charge < -0.3 is 10.2 Å². The van der Waals surface area contributed by atoms with E-state index in [0.29, 0.717) is 25.3 Å². The van der Waals surface area contributed by atoms with Crippen LogP contribution in [0.25, 0.3) is 0 Å². The Kier molecular flexibility index (Phi) is 6.60. The van der Waals surface area contributed by atoms with Crippen molar-refractivity contribution in [2.75, 3.05) is 25.0 Å². The van der Waals surface area contributed by atoms with E-state index in [2.05, 4.69) is 36.2 Å². The fraction of sp³-hybridized carbons (Fsp3) is 0.483. The molecule has 1 spiro atoms. The van der Waals surface area contributed by atoms with Crippen LogP contribution in [0.2, 0.25) is 0 Å². The SMILES string of the molecule is CC(=O)Nc1ccc(CN2CCC3(CC2)C(=O)N(C2Cc4ccccc4C2)C(=O)N3CC(C)C)cc1. The summed E-state index contributed by atoms with van der Waals surface area (Å²) in [6.07, 6.45) is 2.81. The monoisotopic (exact) mass is 488 g/mol. The van der Waals surface area contributed by atoms with Gasteiger partial charge >= 0.3 is 6.03 Å². The molecule has 0 atom stereocenters. The third-order valence-electron chi connectivity index (χ3n) is 7.88. The second kappa shape index (κ2) is 9.69. The van der Waals surface area contributed by atoms with Gasteiger partial charge in [0.05, 0.1) is 0 Å². The quantitative estimate of drug-likeness (QED) is 0.623. The molecule has 2 aliphatic heterocycles. The molecule has 190 valence electrons. The molecule has 2 aromatic carbocycles. The summed E-state index contributed by atoms with van der Waals surface area (Å²) in [6.45, 7) is 8.63. The summed E-state index contributed by atoms with van der Waals surface area (Å²) in [4.78, 5) is 44.9. The Bertz CT molecular complexity index is 1130. The molecule has 4 amide bonds. The van der Waals surface area contributed by atoms with Gasteiger partial charge in [-0.25, -0.2) is 4.79 Å². The van der Waals surface area contributed by atoms with Gasteiger partial charge in [0.2, 0.25) is 5.91 Å². The maximum Gasteiger partial charge on any atom is 0.327 e. The van der Waals surface area contributed by atoms with E-state index in [-0.39, 0.29) is 23.9 Å². The van der Waals surface area contributed by atoms with Crippen molar-refractivity contribution >= 4 is 23.5 Å². The number of imide groups is 1. The fourth-order valence-electron chi connectivity index (χ4n) is 6.12. The van der Waals surface area contributed by atoms with Crippen LogP contribution in [-0.4, -0.2) is 63.8 Å². The van der Waals surface area contributed by atoms with Gasteiger partial charge in [-0.2, -0.15) is 0 Å². The Hall–Kier alpha value is -3.19. The van der Waals surface area contributed by atoms with Crippen molar-refractivity contribution in [1.82, 2.24) is 14.7 Å². The number of hydrogen-bond acceptors (Lipinski definition) is 4. The molecular formula is C29H36N4O3. The number of nitrogens with zero attached hydrogens (tertiary/aromatic N) is 3. The molecule has 7 heteroatoms. The van der Waals surface area contributed by atoms with Crippen LogP contribution in [0, 0.1) is 5.92 Å². The van der Waals surface area contributed by atoms with E-state index in [0.717, 1.165) is 38.2 Å². The molecule has 2 heterocycles. The van der Waals surface area contributed by atoms with Gasteiger partial charge in [0, 0.05) is 44.8 Å². The second-order valence-corrected chi connectivity index (χ2v) is 11.0. The number of fused-ring (bicyclic) bond motifs is 1. The highest BCUT2D eigenvalue weighted by atomic mass is 16.2. The maximum atomic E-state index is 14.0. The van der Waals surface area contributed by atoms with E-state index in [1.807, 2.05) is 41.3 Å². The lowest BCUT2D eigenvalue weighted by Crippen LogP contribution is -2.57. The maximum absolute atomic E-state index is 14.0. The summed E-state index contributed by atoms with van der Waals surface area (Å²) in [7, 11) is 0. The van der Waals surface area contributed by atoms with E-state index < -0.39 is 5.54 Å². The van der Waals surface area contributed by atoms with Crippen molar-refractivity contribution in [2.45, 2.75) is 64.6 Å². The number of amides is 4. The van der Waals surface area contributed by atoms with Crippen molar-refractivity contribution in [3.63, 3.8) is 0 Å². The van der Waals surface area contributed by atoms with Gasteiger partial charge in [0.15, 0.2) is 0 Å². The van der Waals surface area contributed by atoms with Crippen LogP contribution in [0.3, 0.4) is 0 Å². The molecule has 5 rings (SSSR count). The highest BCUT2D eigenvalue weighted by Crippen LogP contribution is 2.41. The first-order valence-corrected chi connectivity index (χ1v) is 13.1. The number of benzene rings is 2. The number of carbonyl (C=O) groups excluding carboxylic acids is 3. The van der Waals surface area contributed by atoms with E-state index >= 15 is 0 Å². The number of carbonyl (C=O) groups is 3. The molecule has 7 nitrogen and oxygen atoms in total. The number of rotatable bonds is 6. The average Bonchev–Trinajstić information content (AvgIpc) is 3.34. The van der Waals surface area contributed by atoms with E-state index in [4.69, 9.17) is 0 Å². The van der Waals surface area contributed by atoms with Crippen molar-refractivity contribution in [3.8, 4) is 0 Å². The Labute approximate surface area is 213 Å². The first-order chi connectivity index (χ1) is 17.3. The zero-order valence-corrected chi connectivity index (χ0v) is 21.5. The van der Waals surface area contributed by atoms with Gasteiger partial charge in [-0.3, -0.25) is 19.4 Å². The Morgan fingerprint density at radius 3 is 2.17 bits per heavy atom. The standard InChI is InChI=1S/C29H36N4O3/c1-20(2)18-32-28(36)33(26-16-23-6-4-5-7-24(23)17-26)27(35)29(32)12-14-31(15-13-29)19-22-8-10-25(11-9-22)30-21(3)34/h4-11,20,26H,12-19H2,1-3H3,(H,30,34). The van der Waals surface area contributed by atoms with Gasteiger partial charge in [-0.1, -0.05) is 50.2 Å². The summed E-state index contributed by atoms with van der Waals surface area (Å²) in [5, 5.41) is 2.80. The molecule has 1 N–H and O–H groups in total. The number of piperidine rings is 1. The molecular weight excluding hydrogens is 452 g/mol. The minimum Gasteiger partial charge on any atom is -0.326 e. The van der Waals surface area contributed by atoms with Crippen molar-refractivity contribution in [2.24, 2.45) is 5.92 Å². The lowest BCUT2D eigenvalue weighted by atomic mass is 9.85. The smallest absolute Gasteiger partial charge is 0.326 e. The summed E-state index contributed by atoms with van der Waals surface area (Å²) in [5.74, 6) is 0.214. The van der Waals surface area contributed by atoms with Crippen LogP contribution in [-0.2, 0) is 29.0 Å². The molecule has 2 fully saturated rings. The third kappa shape index (κ3) is 4.52. The zero-order valence-electron chi connectivity index (χ0n) is 21.5. The van der Waals surface area contributed by atoms with Crippen LogP contribution in [0.5, 0.6) is 0 Å². The normalized spacial score (nSPS) is 20.0. The minimum atomic E-state index is -0.734. The van der Waals surface area contributed by atoms with Crippen molar-refractivity contribution in [3.05, 3.63) is 65.2 Å². The molecule has 2 saturated heterocycles. The predicted molar refractivity (Wildman–Crippen MR) is 139 cm³/mol. The van der Waals surface area contributed by atoms with Gasteiger partial charge in [0.1, 0.15) is 5.54 Å². The first-order valence-electron chi connectivity index (χ1n) is 13.1. The van der Waals surface area contributed by atoms with E-state index in [1.54, 1.807) is 4.90 Å². The van der Waals surface area contributed by atoms with Crippen LogP contribution in [0.15, 0.2) is 48.5 Å². The summed E-state index contributed by atoms with van der Waals surface area (Å²) < 4.78 is 0. The number of urea groups is 1. The Morgan fingerprint density at radius 2 is 1.61 bits per heavy atom. The van der Waals surface area contributed by atoms with Crippen molar-refractivity contribution in [1.29, 1.82) is 0 Å². The Morgan fingerprint density at radius 1 is 1.00 bits per heavy atom. The second-order valence-electron chi connectivity index (χ2n) is 11.0. The molecule has 0 unspecified atom stereocenters. The topological polar surface area (TPSA) is 73.0 Å². The highest BCUT2D eigenvalue weighted by Gasteiger charge is 2.59. The Balaban J connectivity index is 1.30. The van der Waals surface area contributed by atoms with E-state index in [9.17, 15) is 14.4 Å². The van der Waals surface area contributed by atoms with Crippen LogP contribution in [0.1, 0.15) is 50.3 Å². The molecule has 36 heavy (non-hydrogen) atoms. The molecule has 0 radical (unpaired) electrons. The molecule has 1 aliphatic carbocycles. The van der Waals surface area contributed by atoms with E-state index in [1.165, 1.54) is 23.6 Å². The third-order valence-corrected chi connectivity index (χ3v) is 7.88. The number of nitrogens with one attached hydrogen (secondary N) is 1. The number of likely N-dealkylation sites (tertiary alicyclic amines) is 1. The summed E-state index contributed by atoms with van der Waals surface area (Å²) in [5.41, 5.74) is 3.72. The zero-order chi connectivity index (χ0) is 25.4. The average molecular weight is 489 g/mol.